The van der Waals surface area contributed by atoms with E-state index in [4.69, 9.17) is 14.2 Å². The zero-order valence-electron chi connectivity index (χ0n) is 15.3. The van der Waals surface area contributed by atoms with Crippen molar-refractivity contribution >= 4 is 17.7 Å². The molecule has 0 aliphatic carbocycles. The molecule has 0 aromatic heterocycles. The predicted molar refractivity (Wildman–Crippen MR) is 98.8 cm³/mol. The molecule has 4 atom stereocenters. The maximum Gasteiger partial charge on any atom is 0.257 e. The number of methoxy groups -OCH3 is 1. The molecule has 1 aromatic rings. The van der Waals surface area contributed by atoms with Crippen LogP contribution in [0.2, 0.25) is 0 Å². The molecule has 2 saturated heterocycles. The third kappa shape index (κ3) is 3.96. The molecule has 138 valence electrons. The van der Waals surface area contributed by atoms with Gasteiger partial charge in [0, 0.05) is 6.42 Å². The van der Waals surface area contributed by atoms with Gasteiger partial charge in [0.25, 0.3) is 5.91 Å². The largest absolute Gasteiger partial charge is 0.497 e. The molecule has 25 heavy (non-hydrogen) atoms. The SMILES string of the molecule is COc1ccc([C@@H]2O[C@H]2C(=O)N2[C@H](CCSC)OC[C@@H]2C(C)C)cc1. The van der Waals surface area contributed by atoms with Gasteiger partial charge in [-0.05, 0) is 35.6 Å². The monoisotopic (exact) mass is 365 g/mol. The number of hydrogen-bond donors (Lipinski definition) is 0. The molecule has 2 heterocycles. The molecule has 1 amide bonds. The molecule has 2 fully saturated rings. The van der Waals surface area contributed by atoms with Crippen LogP contribution in [-0.4, -0.2) is 54.9 Å². The molecule has 0 spiro atoms. The van der Waals surface area contributed by atoms with Crippen molar-refractivity contribution in [1.82, 2.24) is 4.90 Å². The normalized spacial score (nSPS) is 28.4. The van der Waals surface area contributed by atoms with Gasteiger partial charge in [0.1, 0.15) is 18.1 Å². The van der Waals surface area contributed by atoms with Crippen molar-refractivity contribution in [1.29, 1.82) is 0 Å². The Morgan fingerprint density at radius 1 is 1.36 bits per heavy atom. The fourth-order valence-corrected chi connectivity index (χ4v) is 3.78. The smallest absolute Gasteiger partial charge is 0.257 e. The van der Waals surface area contributed by atoms with Crippen molar-refractivity contribution < 1.29 is 19.0 Å². The summed E-state index contributed by atoms with van der Waals surface area (Å²) in [6, 6.07) is 7.84. The fourth-order valence-electron chi connectivity index (χ4n) is 3.34. The summed E-state index contributed by atoms with van der Waals surface area (Å²) in [5, 5.41) is 0. The molecule has 5 nitrogen and oxygen atoms in total. The summed E-state index contributed by atoms with van der Waals surface area (Å²) in [5.41, 5.74) is 1.01. The highest BCUT2D eigenvalue weighted by Crippen LogP contribution is 2.42. The van der Waals surface area contributed by atoms with E-state index < -0.39 is 6.10 Å². The third-order valence-electron chi connectivity index (χ3n) is 4.90. The number of carbonyl (C=O) groups is 1. The van der Waals surface area contributed by atoms with Crippen LogP contribution in [0, 0.1) is 5.92 Å². The Hall–Kier alpha value is -1.24. The summed E-state index contributed by atoms with van der Waals surface area (Å²) >= 11 is 1.78. The first kappa shape index (κ1) is 18.5. The second-order valence-corrected chi connectivity index (χ2v) is 7.86. The molecule has 0 radical (unpaired) electrons. The van der Waals surface area contributed by atoms with Crippen LogP contribution in [0.1, 0.15) is 31.9 Å². The number of nitrogens with zero attached hydrogens (tertiary/aromatic N) is 1. The van der Waals surface area contributed by atoms with Crippen molar-refractivity contribution in [3.63, 3.8) is 0 Å². The molecular weight excluding hydrogens is 338 g/mol. The second kappa shape index (κ2) is 7.98. The first-order valence-electron chi connectivity index (χ1n) is 8.79. The van der Waals surface area contributed by atoms with Crippen LogP contribution in [0.15, 0.2) is 24.3 Å². The molecule has 6 heteroatoms. The van der Waals surface area contributed by atoms with Crippen LogP contribution in [0.25, 0.3) is 0 Å². The summed E-state index contributed by atoms with van der Waals surface area (Å²) in [4.78, 5) is 15.0. The van der Waals surface area contributed by atoms with Crippen molar-refractivity contribution in [3.05, 3.63) is 29.8 Å². The molecule has 2 aliphatic rings. The van der Waals surface area contributed by atoms with E-state index in [0.29, 0.717) is 12.5 Å². The summed E-state index contributed by atoms with van der Waals surface area (Å²) < 4.78 is 16.9. The van der Waals surface area contributed by atoms with Gasteiger partial charge in [0.15, 0.2) is 6.10 Å². The first-order valence-corrected chi connectivity index (χ1v) is 10.2. The molecule has 2 aliphatic heterocycles. The highest BCUT2D eigenvalue weighted by molar-refractivity contribution is 7.98. The van der Waals surface area contributed by atoms with Gasteiger partial charge in [-0.1, -0.05) is 26.0 Å². The summed E-state index contributed by atoms with van der Waals surface area (Å²) in [7, 11) is 1.64. The van der Waals surface area contributed by atoms with Crippen molar-refractivity contribution in [2.45, 2.75) is 44.7 Å². The van der Waals surface area contributed by atoms with Gasteiger partial charge in [-0.2, -0.15) is 11.8 Å². The number of ether oxygens (including phenoxy) is 3. The Kier molecular flexibility index (Phi) is 5.92. The highest BCUT2D eigenvalue weighted by atomic mass is 32.2. The van der Waals surface area contributed by atoms with Gasteiger partial charge in [-0.3, -0.25) is 4.79 Å². The second-order valence-electron chi connectivity index (χ2n) is 6.88. The maximum atomic E-state index is 13.1. The number of epoxide rings is 1. The van der Waals surface area contributed by atoms with E-state index in [1.165, 1.54) is 0 Å². The van der Waals surface area contributed by atoms with E-state index >= 15 is 0 Å². The predicted octanol–water partition coefficient (Wildman–Crippen LogP) is 3.10. The van der Waals surface area contributed by atoms with Crippen LogP contribution in [-0.2, 0) is 14.3 Å². The van der Waals surface area contributed by atoms with Crippen LogP contribution >= 0.6 is 11.8 Å². The Labute approximate surface area is 154 Å². The van der Waals surface area contributed by atoms with E-state index in [2.05, 4.69) is 20.1 Å². The minimum atomic E-state index is -0.395. The minimum absolute atomic E-state index is 0.0584. The van der Waals surface area contributed by atoms with Crippen LogP contribution in [0.3, 0.4) is 0 Å². The van der Waals surface area contributed by atoms with E-state index in [1.54, 1.807) is 18.9 Å². The van der Waals surface area contributed by atoms with Gasteiger partial charge in [0.2, 0.25) is 0 Å². The van der Waals surface area contributed by atoms with E-state index in [-0.39, 0.29) is 24.3 Å². The number of carbonyl (C=O) groups excluding carboxylic acids is 1. The first-order chi connectivity index (χ1) is 12.1. The number of rotatable bonds is 7. The number of benzene rings is 1. The molecular formula is C19H27NO4S. The van der Waals surface area contributed by atoms with Crippen LogP contribution < -0.4 is 4.74 Å². The molecule has 0 bridgehead atoms. The van der Waals surface area contributed by atoms with Gasteiger partial charge in [-0.15, -0.1) is 0 Å². The van der Waals surface area contributed by atoms with Crippen LogP contribution in [0.5, 0.6) is 5.75 Å². The molecule has 0 saturated carbocycles. The average molecular weight is 365 g/mol. The molecule has 0 unspecified atom stereocenters. The third-order valence-corrected chi connectivity index (χ3v) is 5.54. The Morgan fingerprint density at radius 2 is 2.08 bits per heavy atom. The Morgan fingerprint density at radius 3 is 2.68 bits per heavy atom. The molecule has 3 rings (SSSR count). The van der Waals surface area contributed by atoms with Crippen molar-refractivity contribution in [2.24, 2.45) is 5.92 Å². The van der Waals surface area contributed by atoms with Gasteiger partial charge < -0.3 is 19.1 Å². The zero-order valence-corrected chi connectivity index (χ0v) is 16.1. The Bertz CT molecular complexity index is 592. The lowest BCUT2D eigenvalue weighted by Gasteiger charge is -2.30. The summed E-state index contributed by atoms with van der Waals surface area (Å²) in [6.07, 6.45) is 2.25. The van der Waals surface area contributed by atoms with Gasteiger partial charge in [0.05, 0.1) is 19.8 Å². The van der Waals surface area contributed by atoms with E-state index in [9.17, 15) is 4.79 Å². The summed E-state index contributed by atoms with van der Waals surface area (Å²) in [5.74, 6) is 2.20. The van der Waals surface area contributed by atoms with Gasteiger partial charge >= 0.3 is 0 Å². The average Bonchev–Trinajstić information content (AvgIpc) is 3.31. The quantitative estimate of drug-likeness (QED) is 0.695. The lowest BCUT2D eigenvalue weighted by molar-refractivity contribution is -0.139. The van der Waals surface area contributed by atoms with Crippen molar-refractivity contribution in [2.75, 3.05) is 25.7 Å². The number of thioether (sulfide) groups is 1. The van der Waals surface area contributed by atoms with E-state index in [1.807, 2.05) is 29.2 Å². The minimum Gasteiger partial charge on any atom is -0.497 e. The lowest BCUT2D eigenvalue weighted by atomic mass is 10.0. The highest BCUT2D eigenvalue weighted by Gasteiger charge is 2.52. The maximum absolute atomic E-state index is 13.1. The lowest BCUT2D eigenvalue weighted by Crippen LogP contribution is -2.46. The topological polar surface area (TPSA) is 51.3 Å². The van der Waals surface area contributed by atoms with Gasteiger partial charge in [-0.25, -0.2) is 0 Å². The Balaban J connectivity index is 1.69. The zero-order chi connectivity index (χ0) is 18.0. The number of hydrogen-bond acceptors (Lipinski definition) is 5. The number of amides is 1. The van der Waals surface area contributed by atoms with Crippen molar-refractivity contribution in [3.8, 4) is 5.75 Å². The van der Waals surface area contributed by atoms with Crippen LogP contribution in [0.4, 0.5) is 0 Å². The molecule has 0 N–H and O–H groups in total. The standard InChI is InChI=1S/C19H27NO4S/c1-12(2)15-11-23-16(9-10-25-4)20(15)19(21)18-17(24-18)13-5-7-14(22-3)8-6-13/h5-8,12,15-18H,9-11H2,1-4H3/t15-,16+,17+,18-/m1/s1. The summed E-state index contributed by atoms with van der Waals surface area (Å²) in [6.45, 7) is 4.89. The fraction of sp³-hybridized carbons (Fsp3) is 0.632. The molecule has 1 aromatic carbocycles. The van der Waals surface area contributed by atoms with E-state index in [0.717, 1.165) is 23.5 Å².